The lowest BCUT2D eigenvalue weighted by Crippen LogP contribution is -2.49. The molecule has 2 fully saturated rings. The van der Waals surface area contributed by atoms with Crippen LogP contribution in [0.25, 0.3) is 0 Å². The number of β-amino-alcohol motifs (C(OH)–C–C–N with tert-alkyl or cyclic N) is 1. The molecule has 2 rings (SSSR count). The molecule has 0 radical (unpaired) electrons. The smallest absolute Gasteiger partial charge is 0.222 e. The van der Waals surface area contributed by atoms with Gasteiger partial charge in [0.2, 0.25) is 5.91 Å². The van der Waals surface area contributed by atoms with Crippen molar-refractivity contribution >= 4 is 5.91 Å². The maximum Gasteiger partial charge on any atom is 0.222 e. The predicted molar refractivity (Wildman–Crippen MR) is 74.9 cm³/mol. The second kappa shape index (κ2) is 7.82. The summed E-state index contributed by atoms with van der Waals surface area (Å²) in [6, 6.07) is 0. The second-order valence-corrected chi connectivity index (χ2v) is 5.70. The van der Waals surface area contributed by atoms with Gasteiger partial charge in [0.1, 0.15) is 0 Å². The Balaban J connectivity index is 1.71. The van der Waals surface area contributed by atoms with E-state index in [4.69, 9.17) is 5.11 Å². The Morgan fingerprint density at radius 2 is 1.95 bits per heavy atom. The Morgan fingerprint density at radius 3 is 2.68 bits per heavy atom. The van der Waals surface area contributed by atoms with Crippen LogP contribution in [0.4, 0.5) is 0 Å². The first-order valence-corrected chi connectivity index (χ1v) is 7.61. The normalized spacial score (nSPS) is 26.2. The Labute approximate surface area is 115 Å². The molecule has 2 saturated heterocycles. The van der Waals surface area contributed by atoms with Crippen LogP contribution in [0, 0.1) is 5.92 Å². The quantitative estimate of drug-likeness (QED) is 0.748. The summed E-state index contributed by atoms with van der Waals surface area (Å²) < 4.78 is 0. The molecule has 2 N–H and O–H groups in total. The topological polar surface area (TPSA) is 55.8 Å². The molecule has 0 aromatic rings. The van der Waals surface area contributed by atoms with Gasteiger partial charge in [0.05, 0.1) is 6.61 Å². The summed E-state index contributed by atoms with van der Waals surface area (Å²) in [5.41, 5.74) is 0. The maximum absolute atomic E-state index is 12.3. The molecule has 1 amide bonds. The van der Waals surface area contributed by atoms with Gasteiger partial charge in [0.25, 0.3) is 0 Å². The summed E-state index contributed by atoms with van der Waals surface area (Å²) in [5, 5.41) is 12.3. The monoisotopic (exact) mass is 269 g/mol. The van der Waals surface area contributed by atoms with Crippen LogP contribution in [0.2, 0.25) is 0 Å². The molecule has 0 aliphatic carbocycles. The van der Waals surface area contributed by atoms with Crippen LogP contribution in [-0.2, 0) is 4.79 Å². The average Bonchev–Trinajstić information content (AvgIpc) is 2.68. The van der Waals surface area contributed by atoms with E-state index in [-0.39, 0.29) is 6.61 Å². The van der Waals surface area contributed by atoms with Crippen LogP contribution in [0.3, 0.4) is 0 Å². The van der Waals surface area contributed by atoms with E-state index in [2.05, 4.69) is 10.2 Å². The summed E-state index contributed by atoms with van der Waals surface area (Å²) in [7, 11) is 0. The Hall–Kier alpha value is -0.650. The summed E-state index contributed by atoms with van der Waals surface area (Å²) in [6.45, 7) is 6.55. The molecule has 5 nitrogen and oxygen atoms in total. The number of carbonyl (C=O) groups is 1. The summed E-state index contributed by atoms with van der Waals surface area (Å²) >= 11 is 0. The standard InChI is InChI=1S/C14H27N3O2/c18-11-10-16-6-8-17(9-7-16)14(19)12-13-2-1-4-15-5-3-13/h13,15,18H,1-12H2. The molecule has 2 aliphatic rings. The minimum absolute atomic E-state index is 0.211. The highest BCUT2D eigenvalue weighted by Crippen LogP contribution is 2.19. The van der Waals surface area contributed by atoms with Gasteiger partial charge in [-0.05, 0) is 38.3 Å². The number of carbonyl (C=O) groups excluding carboxylic acids is 1. The minimum Gasteiger partial charge on any atom is -0.395 e. The van der Waals surface area contributed by atoms with Crippen LogP contribution in [-0.4, -0.2) is 73.2 Å². The first-order chi connectivity index (χ1) is 9.29. The van der Waals surface area contributed by atoms with Crippen molar-refractivity contribution in [2.24, 2.45) is 5.92 Å². The van der Waals surface area contributed by atoms with Gasteiger partial charge < -0.3 is 15.3 Å². The van der Waals surface area contributed by atoms with Crippen molar-refractivity contribution in [1.82, 2.24) is 15.1 Å². The zero-order valence-corrected chi connectivity index (χ0v) is 11.8. The molecular weight excluding hydrogens is 242 g/mol. The second-order valence-electron chi connectivity index (χ2n) is 5.70. The van der Waals surface area contributed by atoms with Gasteiger partial charge in [0.15, 0.2) is 0 Å². The van der Waals surface area contributed by atoms with E-state index in [1.165, 1.54) is 12.8 Å². The van der Waals surface area contributed by atoms with E-state index in [9.17, 15) is 4.79 Å². The molecule has 0 saturated carbocycles. The minimum atomic E-state index is 0.211. The fraction of sp³-hybridized carbons (Fsp3) is 0.929. The molecule has 0 spiro atoms. The number of rotatable bonds is 4. The molecular formula is C14H27N3O2. The molecule has 5 heteroatoms. The van der Waals surface area contributed by atoms with Crippen molar-refractivity contribution < 1.29 is 9.90 Å². The lowest BCUT2D eigenvalue weighted by molar-refractivity contribution is -0.134. The third kappa shape index (κ3) is 4.75. The molecule has 0 bridgehead atoms. The highest BCUT2D eigenvalue weighted by Gasteiger charge is 2.23. The van der Waals surface area contributed by atoms with Gasteiger partial charge in [-0.1, -0.05) is 0 Å². The Bertz CT molecular complexity index is 270. The first-order valence-electron chi connectivity index (χ1n) is 7.61. The van der Waals surface area contributed by atoms with Crippen molar-refractivity contribution in [3.05, 3.63) is 0 Å². The number of aliphatic hydroxyl groups excluding tert-OH is 1. The van der Waals surface area contributed by atoms with Gasteiger partial charge in [-0.2, -0.15) is 0 Å². The third-order valence-electron chi connectivity index (χ3n) is 4.30. The lowest BCUT2D eigenvalue weighted by Gasteiger charge is -2.35. The van der Waals surface area contributed by atoms with E-state index >= 15 is 0 Å². The molecule has 0 aromatic carbocycles. The van der Waals surface area contributed by atoms with Gasteiger partial charge in [-0.25, -0.2) is 0 Å². The number of hydrogen-bond acceptors (Lipinski definition) is 4. The number of amides is 1. The molecule has 2 heterocycles. The number of nitrogens with one attached hydrogen (secondary N) is 1. The van der Waals surface area contributed by atoms with Crippen molar-refractivity contribution in [2.75, 3.05) is 52.4 Å². The SMILES string of the molecule is O=C(CC1CCCNCC1)N1CCN(CCO)CC1. The highest BCUT2D eigenvalue weighted by molar-refractivity contribution is 5.76. The molecule has 2 aliphatic heterocycles. The largest absolute Gasteiger partial charge is 0.395 e. The molecule has 110 valence electrons. The predicted octanol–water partition coefficient (Wildman–Crippen LogP) is -0.0973. The van der Waals surface area contributed by atoms with Crippen LogP contribution >= 0.6 is 0 Å². The zero-order chi connectivity index (χ0) is 13.5. The van der Waals surface area contributed by atoms with Crippen molar-refractivity contribution in [3.63, 3.8) is 0 Å². The molecule has 0 aromatic heterocycles. The van der Waals surface area contributed by atoms with E-state index in [1.54, 1.807) is 0 Å². The van der Waals surface area contributed by atoms with Crippen molar-refractivity contribution in [2.45, 2.75) is 25.7 Å². The van der Waals surface area contributed by atoms with E-state index in [0.29, 0.717) is 11.8 Å². The van der Waals surface area contributed by atoms with E-state index in [1.807, 2.05) is 4.90 Å². The highest BCUT2D eigenvalue weighted by atomic mass is 16.3. The zero-order valence-electron chi connectivity index (χ0n) is 11.8. The van der Waals surface area contributed by atoms with Crippen molar-refractivity contribution in [3.8, 4) is 0 Å². The summed E-state index contributed by atoms with van der Waals surface area (Å²) in [4.78, 5) is 16.5. The Kier molecular flexibility index (Phi) is 6.07. The van der Waals surface area contributed by atoms with E-state index < -0.39 is 0 Å². The maximum atomic E-state index is 12.3. The number of piperazine rings is 1. The fourth-order valence-corrected chi connectivity index (χ4v) is 3.03. The number of nitrogens with zero attached hydrogens (tertiary/aromatic N) is 2. The average molecular weight is 269 g/mol. The fourth-order valence-electron chi connectivity index (χ4n) is 3.03. The van der Waals surface area contributed by atoms with Gasteiger partial charge >= 0.3 is 0 Å². The Morgan fingerprint density at radius 1 is 1.16 bits per heavy atom. The van der Waals surface area contributed by atoms with Gasteiger partial charge in [-0.3, -0.25) is 9.69 Å². The number of hydrogen-bond donors (Lipinski definition) is 2. The lowest BCUT2D eigenvalue weighted by atomic mass is 9.96. The number of aliphatic hydroxyl groups is 1. The van der Waals surface area contributed by atoms with E-state index in [0.717, 1.165) is 58.7 Å². The van der Waals surface area contributed by atoms with Crippen LogP contribution in [0.15, 0.2) is 0 Å². The van der Waals surface area contributed by atoms with Crippen molar-refractivity contribution in [1.29, 1.82) is 0 Å². The third-order valence-corrected chi connectivity index (χ3v) is 4.30. The summed E-state index contributed by atoms with van der Waals surface area (Å²) in [6.07, 6.45) is 4.24. The summed E-state index contributed by atoms with van der Waals surface area (Å²) in [5.74, 6) is 0.897. The van der Waals surface area contributed by atoms with Gasteiger partial charge in [0, 0.05) is 39.1 Å². The van der Waals surface area contributed by atoms with Crippen LogP contribution in [0.5, 0.6) is 0 Å². The first kappa shape index (κ1) is 14.8. The molecule has 19 heavy (non-hydrogen) atoms. The molecule has 1 unspecified atom stereocenters. The molecule has 1 atom stereocenters. The van der Waals surface area contributed by atoms with Crippen LogP contribution < -0.4 is 5.32 Å². The van der Waals surface area contributed by atoms with Crippen LogP contribution in [0.1, 0.15) is 25.7 Å². The van der Waals surface area contributed by atoms with Gasteiger partial charge in [-0.15, -0.1) is 0 Å².